The molecule has 1 fully saturated rings. The van der Waals surface area contributed by atoms with E-state index in [9.17, 15) is 14.0 Å². The third-order valence-corrected chi connectivity index (χ3v) is 4.02. The summed E-state index contributed by atoms with van der Waals surface area (Å²) in [5.41, 5.74) is 0. The fraction of sp³-hybridized carbons (Fsp3) is 0.529. The Labute approximate surface area is 141 Å². The van der Waals surface area contributed by atoms with Gasteiger partial charge >= 0.3 is 6.03 Å². The second-order valence-electron chi connectivity index (χ2n) is 5.81. The van der Waals surface area contributed by atoms with Crippen molar-refractivity contribution in [2.45, 2.75) is 38.8 Å². The van der Waals surface area contributed by atoms with Crippen molar-refractivity contribution in [2.24, 2.45) is 0 Å². The summed E-state index contributed by atoms with van der Waals surface area (Å²) in [5.74, 6) is -0.0832. The maximum absolute atomic E-state index is 13.2. The van der Waals surface area contributed by atoms with E-state index in [1.54, 1.807) is 19.1 Å². The van der Waals surface area contributed by atoms with Gasteiger partial charge in [-0.1, -0.05) is 13.0 Å². The van der Waals surface area contributed by atoms with E-state index in [4.69, 9.17) is 4.74 Å². The predicted molar refractivity (Wildman–Crippen MR) is 88.3 cm³/mol. The third-order valence-electron chi connectivity index (χ3n) is 4.02. The van der Waals surface area contributed by atoms with E-state index in [0.29, 0.717) is 25.3 Å². The number of rotatable bonds is 5. The van der Waals surface area contributed by atoms with Crippen LogP contribution in [0, 0.1) is 5.82 Å². The van der Waals surface area contributed by atoms with Crippen molar-refractivity contribution in [1.82, 2.24) is 15.5 Å². The second kappa shape index (κ2) is 8.52. The molecular formula is C17H24FN3O3. The Kier molecular flexibility index (Phi) is 6.40. The zero-order valence-electron chi connectivity index (χ0n) is 14.0. The molecule has 132 valence electrons. The van der Waals surface area contributed by atoms with E-state index in [1.807, 2.05) is 6.92 Å². The van der Waals surface area contributed by atoms with Crippen molar-refractivity contribution < 1.29 is 18.7 Å². The number of carbonyl (C=O) groups is 2. The molecule has 2 N–H and O–H groups in total. The number of amides is 3. The van der Waals surface area contributed by atoms with Gasteiger partial charge in [-0.2, -0.15) is 0 Å². The number of halogens is 1. The first-order valence-corrected chi connectivity index (χ1v) is 8.25. The summed E-state index contributed by atoms with van der Waals surface area (Å²) in [6.07, 6.45) is 1.11. The van der Waals surface area contributed by atoms with Crippen LogP contribution in [0.1, 0.15) is 26.7 Å². The molecule has 3 amide bonds. The number of benzene rings is 1. The fourth-order valence-corrected chi connectivity index (χ4v) is 2.53. The molecule has 0 radical (unpaired) electrons. The van der Waals surface area contributed by atoms with E-state index in [2.05, 4.69) is 10.6 Å². The molecule has 6 nitrogen and oxygen atoms in total. The molecule has 7 heteroatoms. The molecule has 2 atom stereocenters. The SMILES string of the molecule is CC[C@H](CNC(=O)N1CCCNC(=O)[C@@H]1C)Oc1cccc(F)c1. The van der Waals surface area contributed by atoms with Gasteiger partial charge in [-0.3, -0.25) is 4.79 Å². The van der Waals surface area contributed by atoms with Crippen molar-refractivity contribution in [2.75, 3.05) is 19.6 Å². The Bertz CT molecular complexity index is 582. The van der Waals surface area contributed by atoms with E-state index in [1.165, 1.54) is 17.0 Å². The minimum absolute atomic E-state index is 0.147. The molecule has 0 unspecified atom stereocenters. The van der Waals surface area contributed by atoms with Crippen molar-refractivity contribution in [3.05, 3.63) is 30.1 Å². The lowest BCUT2D eigenvalue weighted by Gasteiger charge is -2.27. The van der Waals surface area contributed by atoms with Gasteiger partial charge in [-0.15, -0.1) is 0 Å². The summed E-state index contributed by atoms with van der Waals surface area (Å²) >= 11 is 0. The van der Waals surface area contributed by atoms with Gasteiger partial charge < -0.3 is 20.3 Å². The molecule has 1 aliphatic rings. The van der Waals surface area contributed by atoms with Crippen LogP contribution in [-0.4, -0.2) is 48.6 Å². The molecule has 1 aliphatic heterocycles. The van der Waals surface area contributed by atoms with E-state index >= 15 is 0 Å². The zero-order chi connectivity index (χ0) is 17.5. The molecule has 1 aromatic carbocycles. The van der Waals surface area contributed by atoms with Crippen LogP contribution in [0.4, 0.5) is 9.18 Å². The molecule has 1 saturated heterocycles. The Morgan fingerprint density at radius 1 is 1.54 bits per heavy atom. The highest BCUT2D eigenvalue weighted by Gasteiger charge is 2.27. The minimum Gasteiger partial charge on any atom is -0.489 e. The van der Waals surface area contributed by atoms with E-state index in [-0.39, 0.29) is 30.4 Å². The lowest BCUT2D eigenvalue weighted by Crippen LogP contribution is -2.50. The van der Waals surface area contributed by atoms with Crippen molar-refractivity contribution in [3.8, 4) is 5.75 Å². The van der Waals surface area contributed by atoms with Gasteiger partial charge in [-0.25, -0.2) is 9.18 Å². The Morgan fingerprint density at radius 2 is 2.33 bits per heavy atom. The summed E-state index contributed by atoms with van der Waals surface area (Å²) < 4.78 is 18.9. The average molecular weight is 337 g/mol. The van der Waals surface area contributed by atoms with Gasteiger partial charge in [-0.05, 0) is 31.9 Å². The first-order chi connectivity index (χ1) is 11.5. The van der Waals surface area contributed by atoms with Gasteiger partial charge in [0.1, 0.15) is 23.7 Å². The van der Waals surface area contributed by atoms with Crippen LogP contribution in [0.3, 0.4) is 0 Å². The van der Waals surface area contributed by atoms with Gasteiger partial charge in [0, 0.05) is 19.2 Å². The number of urea groups is 1. The summed E-state index contributed by atoms with van der Waals surface area (Å²) in [6, 6.07) is 5.12. The summed E-state index contributed by atoms with van der Waals surface area (Å²) in [4.78, 5) is 25.7. The summed E-state index contributed by atoms with van der Waals surface area (Å²) in [7, 11) is 0. The molecule has 0 spiro atoms. The lowest BCUT2D eigenvalue weighted by molar-refractivity contribution is -0.124. The Hall–Kier alpha value is -2.31. The maximum atomic E-state index is 13.2. The smallest absolute Gasteiger partial charge is 0.318 e. The van der Waals surface area contributed by atoms with Crippen LogP contribution in [0.2, 0.25) is 0 Å². The zero-order valence-corrected chi connectivity index (χ0v) is 14.0. The molecule has 1 aromatic rings. The van der Waals surface area contributed by atoms with Gasteiger partial charge in [0.2, 0.25) is 5.91 Å². The van der Waals surface area contributed by atoms with Crippen LogP contribution < -0.4 is 15.4 Å². The Balaban J connectivity index is 1.89. The van der Waals surface area contributed by atoms with E-state index < -0.39 is 6.04 Å². The normalized spacial score (nSPS) is 19.2. The van der Waals surface area contributed by atoms with Crippen LogP contribution in [0.25, 0.3) is 0 Å². The lowest BCUT2D eigenvalue weighted by atomic mass is 10.2. The number of carbonyl (C=O) groups excluding carboxylic acids is 2. The molecule has 24 heavy (non-hydrogen) atoms. The molecule has 1 heterocycles. The standard InChI is InChI=1S/C17H24FN3O3/c1-3-14(24-15-7-4-6-13(18)10-15)11-20-17(23)21-9-5-8-19-16(22)12(21)2/h4,6-7,10,12,14H,3,5,8-9,11H2,1-2H3,(H,19,22)(H,20,23)/t12-,14+/m0/s1. The maximum Gasteiger partial charge on any atom is 0.318 e. The van der Waals surface area contributed by atoms with Crippen LogP contribution >= 0.6 is 0 Å². The number of nitrogens with one attached hydrogen (secondary N) is 2. The van der Waals surface area contributed by atoms with Crippen molar-refractivity contribution in [1.29, 1.82) is 0 Å². The van der Waals surface area contributed by atoms with Crippen molar-refractivity contribution >= 4 is 11.9 Å². The highest BCUT2D eigenvalue weighted by atomic mass is 19.1. The minimum atomic E-state index is -0.503. The topological polar surface area (TPSA) is 70.7 Å². The van der Waals surface area contributed by atoms with Gasteiger partial charge in [0.15, 0.2) is 0 Å². The molecular weight excluding hydrogens is 313 g/mol. The molecule has 0 aliphatic carbocycles. The number of hydrogen-bond acceptors (Lipinski definition) is 3. The largest absolute Gasteiger partial charge is 0.489 e. The summed E-state index contributed by atoms with van der Waals surface area (Å²) in [5, 5.41) is 5.58. The summed E-state index contributed by atoms with van der Waals surface area (Å²) in [6.45, 7) is 5.02. The highest BCUT2D eigenvalue weighted by Crippen LogP contribution is 2.15. The first kappa shape index (κ1) is 18.0. The number of ether oxygens (including phenoxy) is 1. The Morgan fingerprint density at radius 3 is 3.04 bits per heavy atom. The second-order valence-corrected chi connectivity index (χ2v) is 5.81. The quantitative estimate of drug-likeness (QED) is 0.862. The van der Waals surface area contributed by atoms with Crippen LogP contribution in [0.15, 0.2) is 24.3 Å². The monoisotopic (exact) mass is 337 g/mol. The number of hydrogen-bond donors (Lipinski definition) is 2. The number of nitrogens with zero attached hydrogens (tertiary/aromatic N) is 1. The predicted octanol–water partition coefficient (Wildman–Crippen LogP) is 1.90. The van der Waals surface area contributed by atoms with Gasteiger partial charge in [0.25, 0.3) is 0 Å². The average Bonchev–Trinajstić information content (AvgIpc) is 2.73. The van der Waals surface area contributed by atoms with Crippen molar-refractivity contribution in [3.63, 3.8) is 0 Å². The van der Waals surface area contributed by atoms with Gasteiger partial charge in [0.05, 0.1) is 6.54 Å². The molecule has 0 bridgehead atoms. The van der Waals surface area contributed by atoms with E-state index in [0.717, 1.165) is 6.42 Å². The van der Waals surface area contributed by atoms with Crippen LogP contribution in [-0.2, 0) is 4.79 Å². The molecule has 2 rings (SSSR count). The fourth-order valence-electron chi connectivity index (χ4n) is 2.53. The molecule has 0 aromatic heterocycles. The highest BCUT2D eigenvalue weighted by molar-refractivity contribution is 5.87. The third kappa shape index (κ3) is 4.84. The van der Waals surface area contributed by atoms with Crippen LogP contribution in [0.5, 0.6) is 5.75 Å². The molecule has 0 saturated carbocycles. The first-order valence-electron chi connectivity index (χ1n) is 8.25.